The van der Waals surface area contributed by atoms with Crippen LogP contribution in [-0.4, -0.2) is 18.2 Å². The van der Waals surface area contributed by atoms with E-state index >= 15 is 0 Å². The molecule has 0 amide bonds. The Labute approximate surface area is 116 Å². The van der Waals surface area contributed by atoms with E-state index in [-0.39, 0.29) is 5.82 Å². The van der Waals surface area contributed by atoms with Crippen LogP contribution in [0.1, 0.15) is 51.3 Å². The first-order chi connectivity index (χ1) is 8.73. The fourth-order valence-electron chi connectivity index (χ4n) is 2.40. The lowest BCUT2D eigenvalue weighted by molar-refractivity contribution is 0.199. The molecule has 0 aliphatic heterocycles. The van der Waals surface area contributed by atoms with Crippen molar-refractivity contribution >= 4 is 5.69 Å². The third-order valence-corrected chi connectivity index (χ3v) is 3.61. The van der Waals surface area contributed by atoms with Crippen molar-refractivity contribution in [3.05, 3.63) is 29.1 Å². The normalized spacial score (nSPS) is 14.6. The zero-order chi connectivity index (χ0) is 14.7. The Bertz CT molecular complexity index is 429. The minimum atomic E-state index is -0.668. The molecule has 2 atom stereocenters. The minimum Gasteiger partial charge on any atom is -0.389 e. The van der Waals surface area contributed by atoms with Gasteiger partial charge in [-0.15, -0.1) is 0 Å². The van der Waals surface area contributed by atoms with Crippen LogP contribution in [0.2, 0.25) is 0 Å². The Morgan fingerprint density at radius 1 is 1.21 bits per heavy atom. The molecular weight excluding hydrogens is 241 g/mol. The van der Waals surface area contributed by atoms with Crippen LogP contribution in [0.4, 0.5) is 10.1 Å². The molecule has 1 rings (SSSR count). The van der Waals surface area contributed by atoms with E-state index in [1.54, 1.807) is 13.8 Å². The number of rotatable bonds is 5. The van der Waals surface area contributed by atoms with Crippen molar-refractivity contribution in [3.8, 4) is 0 Å². The van der Waals surface area contributed by atoms with Crippen molar-refractivity contribution < 1.29 is 9.50 Å². The number of aliphatic hydroxyl groups is 1. The van der Waals surface area contributed by atoms with E-state index in [0.29, 0.717) is 23.1 Å². The van der Waals surface area contributed by atoms with Gasteiger partial charge in [0.2, 0.25) is 0 Å². The monoisotopic (exact) mass is 267 g/mol. The summed E-state index contributed by atoms with van der Waals surface area (Å²) in [6.45, 7) is 9.97. The smallest absolute Gasteiger partial charge is 0.126 e. The predicted molar refractivity (Wildman–Crippen MR) is 79.1 cm³/mol. The predicted octanol–water partition coefficient (Wildman–Crippen LogP) is 4.06. The average Bonchev–Trinajstić information content (AvgIpc) is 2.29. The Balaban J connectivity index is 3.13. The van der Waals surface area contributed by atoms with Crippen LogP contribution in [0.25, 0.3) is 0 Å². The number of hydrogen-bond acceptors (Lipinski definition) is 2. The molecule has 19 heavy (non-hydrogen) atoms. The summed E-state index contributed by atoms with van der Waals surface area (Å²) in [5, 5.41) is 9.84. The number of benzene rings is 1. The van der Waals surface area contributed by atoms with E-state index in [1.165, 1.54) is 6.07 Å². The average molecular weight is 267 g/mol. The standard InChI is InChI=1S/C16H26FNO/c1-10(2)7-12(4)18(6)16-8-11(3)15(17)9-14(16)13(5)19/h8-10,12-13,19H,7H2,1-6H3. The highest BCUT2D eigenvalue weighted by Gasteiger charge is 2.18. The molecular formula is C16H26FNO. The summed E-state index contributed by atoms with van der Waals surface area (Å²) in [7, 11) is 2.01. The fourth-order valence-corrected chi connectivity index (χ4v) is 2.40. The van der Waals surface area contributed by atoms with E-state index in [0.717, 1.165) is 12.1 Å². The first kappa shape index (κ1) is 16.0. The van der Waals surface area contributed by atoms with E-state index in [4.69, 9.17) is 0 Å². The molecule has 0 aromatic heterocycles. The van der Waals surface area contributed by atoms with Gasteiger partial charge in [0.05, 0.1) is 6.10 Å². The lowest BCUT2D eigenvalue weighted by atomic mass is 10.00. The van der Waals surface area contributed by atoms with Crippen LogP contribution >= 0.6 is 0 Å². The first-order valence-corrected chi connectivity index (χ1v) is 6.95. The van der Waals surface area contributed by atoms with Gasteiger partial charge in [0.25, 0.3) is 0 Å². The van der Waals surface area contributed by atoms with Crippen LogP contribution in [0.3, 0.4) is 0 Å². The lowest BCUT2D eigenvalue weighted by Crippen LogP contribution is -2.31. The van der Waals surface area contributed by atoms with Crippen LogP contribution in [0, 0.1) is 18.7 Å². The van der Waals surface area contributed by atoms with Gasteiger partial charge in [-0.1, -0.05) is 13.8 Å². The van der Waals surface area contributed by atoms with Crippen molar-refractivity contribution in [2.75, 3.05) is 11.9 Å². The highest BCUT2D eigenvalue weighted by molar-refractivity contribution is 5.56. The summed E-state index contributed by atoms with van der Waals surface area (Å²) >= 11 is 0. The highest BCUT2D eigenvalue weighted by atomic mass is 19.1. The quantitative estimate of drug-likeness (QED) is 0.869. The van der Waals surface area contributed by atoms with Crippen molar-refractivity contribution in [3.63, 3.8) is 0 Å². The largest absolute Gasteiger partial charge is 0.389 e. The van der Waals surface area contributed by atoms with Gasteiger partial charge < -0.3 is 10.0 Å². The van der Waals surface area contributed by atoms with Crippen molar-refractivity contribution in [2.24, 2.45) is 5.92 Å². The maximum atomic E-state index is 13.7. The molecule has 2 nitrogen and oxygen atoms in total. The molecule has 1 aromatic rings. The zero-order valence-corrected chi connectivity index (χ0v) is 12.9. The Kier molecular flexibility index (Phi) is 5.36. The molecule has 0 saturated heterocycles. The molecule has 0 aliphatic rings. The number of aliphatic hydroxyl groups excluding tert-OH is 1. The molecule has 0 aliphatic carbocycles. The number of halogens is 1. The summed E-state index contributed by atoms with van der Waals surface area (Å²) in [4.78, 5) is 2.13. The van der Waals surface area contributed by atoms with Gasteiger partial charge in [0, 0.05) is 24.3 Å². The second-order valence-corrected chi connectivity index (χ2v) is 5.93. The Morgan fingerprint density at radius 3 is 2.26 bits per heavy atom. The van der Waals surface area contributed by atoms with Gasteiger partial charge in [-0.2, -0.15) is 0 Å². The molecule has 0 bridgehead atoms. The molecule has 0 spiro atoms. The molecule has 0 heterocycles. The first-order valence-electron chi connectivity index (χ1n) is 6.95. The van der Waals surface area contributed by atoms with E-state index in [9.17, 15) is 9.50 Å². The van der Waals surface area contributed by atoms with Crippen molar-refractivity contribution in [2.45, 2.75) is 53.2 Å². The fraction of sp³-hybridized carbons (Fsp3) is 0.625. The topological polar surface area (TPSA) is 23.5 Å². The maximum Gasteiger partial charge on any atom is 0.126 e. The third kappa shape index (κ3) is 3.93. The van der Waals surface area contributed by atoms with Gasteiger partial charge in [0.1, 0.15) is 5.82 Å². The van der Waals surface area contributed by atoms with E-state index in [2.05, 4.69) is 25.7 Å². The van der Waals surface area contributed by atoms with Crippen LogP contribution in [-0.2, 0) is 0 Å². The van der Waals surface area contributed by atoms with Gasteiger partial charge >= 0.3 is 0 Å². The van der Waals surface area contributed by atoms with Gasteiger partial charge in [0.15, 0.2) is 0 Å². The van der Waals surface area contributed by atoms with Crippen molar-refractivity contribution in [1.29, 1.82) is 0 Å². The molecule has 0 saturated carbocycles. The minimum absolute atomic E-state index is 0.260. The Morgan fingerprint density at radius 2 is 1.79 bits per heavy atom. The lowest BCUT2D eigenvalue weighted by Gasteiger charge is -2.31. The molecule has 2 unspecified atom stereocenters. The summed E-state index contributed by atoms with van der Waals surface area (Å²) in [6, 6.07) is 3.63. The van der Waals surface area contributed by atoms with Gasteiger partial charge in [-0.3, -0.25) is 0 Å². The molecule has 108 valence electrons. The third-order valence-electron chi connectivity index (χ3n) is 3.61. The highest BCUT2D eigenvalue weighted by Crippen LogP contribution is 2.30. The summed E-state index contributed by atoms with van der Waals surface area (Å²) in [5.41, 5.74) is 2.19. The molecule has 1 N–H and O–H groups in total. The number of anilines is 1. The van der Waals surface area contributed by atoms with Crippen molar-refractivity contribution in [1.82, 2.24) is 0 Å². The second kappa shape index (κ2) is 6.38. The van der Waals surface area contributed by atoms with Gasteiger partial charge in [-0.25, -0.2) is 4.39 Å². The number of aryl methyl sites for hydroxylation is 1. The number of nitrogens with zero attached hydrogens (tertiary/aromatic N) is 1. The van der Waals surface area contributed by atoms with Crippen LogP contribution < -0.4 is 4.90 Å². The van der Waals surface area contributed by atoms with E-state index in [1.807, 2.05) is 13.1 Å². The van der Waals surface area contributed by atoms with E-state index < -0.39 is 6.10 Å². The SMILES string of the molecule is Cc1cc(N(C)C(C)CC(C)C)c(C(C)O)cc1F. The molecule has 0 fully saturated rings. The zero-order valence-electron chi connectivity index (χ0n) is 12.9. The van der Waals surface area contributed by atoms with Crippen LogP contribution in [0.5, 0.6) is 0 Å². The molecule has 0 radical (unpaired) electrons. The number of hydrogen-bond donors (Lipinski definition) is 1. The second-order valence-electron chi connectivity index (χ2n) is 5.93. The summed E-state index contributed by atoms with van der Waals surface area (Å²) in [5.74, 6) is 0.346. The Hall–Kier alpha value is -1.09. The summed E-state index contributed by atoms with van der Waals surface area (Å²) < 4.78 is 13.7. The molecule has 3 heteroatoms. The molecule has 1 aromatic carbocycles. The maximum absolute atomic E-state index is 13.7. The summed E-state index contributed by atoms with van der Waals surface area (Å²) in [6.07, 6.45) is 0.394. The van der Waals surface area contributed by atoms with Gasteiger partial charge in [-0.05, 0) is 50.8 Å². The van der Waals surface area contributed by atoms with Crippen LogP contribution in [0.15, 0.2) is 12.1 Å².